The van der Waals surface area contributed by atoms with Gasteiger partial charge in [-0.2, -0.15) is 0 Å². The lowest BCUT2D eigenvalue weighted by molar-refractivity contribution is -0.135. The zero-order chi connectivity index (χ0) is 14.4. The number of carbonyl (C=O) groups is 1. The van der Waals surface area contributed by atoms with E-state index in [9.17, 15) is 4.79 Å². The van der Waals surface area contributed by atoms with Crippen LogP contribution in [0, 0.1) is 0 Å². The highest BCUT2D eigenvalue weighted by atomic mass is 16.5. The maximum absolute atomic E-state index is 11.7. The minimum atomic E-state index is -0.473. The van der Waals surface area contributed by atoms with Gasteiger partial charge in [-0.3, -0.25) is 4.79 Å². The summed E-state index contributed by atoms with van der Waals surface area (Å²) in [5, 5.41) is 0. The fraction of sp³-hybridized carbons (Fsp3) is 0.533. The molecule has 0 spiro atoms. The number of carbonyl (C=O) groups excluding carboxylic acids is 1. The largest absolute Gasteiger partial charge is 0.481 e. The summed E-state index contributed by atoms with van der Waals surface area (Å²) >= 11 is 0. The van der Waals surface area contributed by atoms with Gasteiger partial charge in [0.15, 0.2) is 6.10 Å². The third-order valence-corrected chi connectivity index (χ3v) is 3.05. The standard InChI is InChI=1S/C15H24N2O2/c1-5-13(16)10-12-6-8-14(9-7-12)19-11(2)15(18)17(3)4/h6-9,11,13H,5,10,16H2,1-4H3. The Bertz CT molecular complexity index is 401. The van der Waals surface area contributed by atoms with Gasteiger partial charge in [-0.05, 0) is 37.5 Å². The normalized spacial score (nSPS) is 13.7. The Hall–Kier alpha value is -1.55. The molecular formula is C15H24N2O2. The predicted octanol–water partition coefficient (Wildman–Crippen LogP) is 1.82. The number of hydrogen-bond acceptors (Lipinski definition) is 3. The molecule has 2 atom stereocenters. The third-order valence-electron chi connectivity index (χ3n) is 3.05. The lowest BCUT2D eigenvalue weighted by atomic mass is 10.0. The molecule has 0 aliphatic heterocycles. The van der Waals surface area contributed by atoms with E-state index in [-0.39, 0.29) is 11.9 Å². The van der Waals surface area contributed by atoms with Crippen molar-refractivity contribution < 1.29 is 9.53 Å². The molecule has 1 amide bonds. The second-order valence-electron chi connectivity index (χ2n) is 5.01. The molecule has 0 bridgehead atoms. The molecule has 19 heavy (non-hydrogen) atoms. The zero-order valence-electron chi connectivity index (χ0n) is 12.2. The van der Waals surface area contributed by atoms with Crippen LogP contribution in [0.5, 0.6) is 5.75 Å². The Morgan fingerprint density at radius 1 is 1.32 bits per heavy atom. The summed E-state index contributed by atoms with van der Waals surface area (Å²) in [7, 11) is 3.44. The number of nitrogens with zero attached hydrogens (tertiary/aromatic N) is 1. The van der Waals surface area contributed by atoms with Gasteiger partial charge in [0.2, 0.25) is 0 Å². The molecule has 0 aliphatic rings. The molecule has 0 saturated carbocycles. The number of benzene rings is 1. The van der Waals surface area contributed by atoms with Gasteiger partial charge in [0.25, 0.3) is 5.91 Å². The highest BCUT2D eigenvalue weighted by molar-refractivity contribution is 5.80. The molecule has 4 nitrogen and oxygen atoms in total. The third kappa shape index (κ3) is 4.91. The minimum Gasteiger partial charge on any atom is -0.481 e. The Morgan fingerprint density at radius 3 is 2.37 bits per heavy atom. The first kappa shape index (κ1) is 15.5. The maximum Gasteiger partial charge on any atom is 0.262 e. The van der Waals surface area contributed by atoms with Gasteiger partial charge in [-0.15, -0.1) is 0 Å². The van der Waals surface area contributed by atoms with E-state index in [4.69, 9.17) is 10.5 Å². The lowest BCUT2D eigenvalue weighted by Crippen LogP contribution is -2.35. The van der Waals surface area contributed by atoms with Crippen LogP contribution in [-0.4, -0.2) is 37.0 Å². The Kier molecular flexibility index (Phi) is 5.83. The van der Waals surface area contributed by atoms with Crippen LogP contribution in [0.15, 0.2) is 24.3 Å². The fourth-order valence-corrected chi connectivity index (χ4v) is 1.77. The Morgan fingerprint density at radius 2 is 1.89 bits per heavy atom. The average Bonchev–Trinajstić information content (AvgIpc) is 2.39. The van der Waals surface area contributed by atoms with Crippen LogP contribution in [0.1, 0.15) is 25.8 Å². The number of hydrogen-bond donors (Lipinski definition) is 1. The first-order chi connectivity index (χ1) is 8.93. The average molecular weight is 264 g/mol. The highest BCUT2D eigenvalue weighted by Crippen LogP contribution is 2.15. The molecular weight excluding hydrogens is 240 g/mol. The van der Waals surface area contributed by atoms with Crippen molar-refractivity contribution in [2.45, 2.75) is 38.8 Å². The van der Waals surface area contributed by atoms with Crippen LogP contribution < -0.4 is 10.5 Å². The summed E-state index contributed by atoms with van der Waals surface area (Å²) < 4.78 is 5.60. The Labute approximate surface area is 115 Å². The van der Waals surface area contributed by atoms with E-state index in [1.54, 1.807) is 21.0 Å². The molecule has 1 rings (SSSR count). The van der Waals surface area contributed by atoms with E-state index >= 15 is 0 Å². The fourth-order valence-electron chi connectivity index (χ4n) is 1.77. The molecule has 2 unspecified atom stereocenters. The van der Waals surface area contributed by atoms with E-state index in [1.807, 2.05) is 24.3 Å². The molecule has 0 fully saturated rings. The quantitative estimate of drug-likeness (QED) is 0.852. The second-order valence-corrected chi connectivity index (χ2v) is 5.01. The zero-order valence-corrected chi connectivity index (χ0v) is 12.2. The Balaban J connectivity index is 2.59. The maximum atomic E-state index is 11.7. The van der Waals surface area contributed by atoms with Crippen LogP contribution >= 0.6 is 0 Å². The molecule has 0 saturated heterocycles. The molecule has 2 N–H and O–H groups in total. The van der Waals surface area contributed by atoms with Gasteiger partial charge in [-0.1, -0.05) is 19.1 Å². The van der Waals surface area contributed by atoms with Gasteiger partial charge in [-0.25, -0.2) is 0 Å². The van der Waals surface area contributed by atoms with Gasteiger partial charge < -0.3 is 15.4 Å². The van der Waals surface area contributed by atoms with Gasteiger partial charge >= 0.3 is 0 Å². The van der Waals surface area contributed by atoms with Crippen molar-refractivity contribution in [3.63, 3.8) is 0 Å². The molecule has 0 heterocycles. The van der Waals surface area contributed by atoms with E-state index in [1.165, 1.54) is 10.5 Å². The number of amides is 1. The van der Waals surface area contributed by atoms with E-state index in [0.717, 1.165) is 12.8 Å². The molecule has 106 valence electrons. The van der Waals surface area contributed by atoms with Crippen LogP contribution in [0.2, 0.25) is 0 Å². The van der Waals surface area contributed by atoms with Crippen molar-refractivity contribution in [2.75, 3.05) is 14.1 Å². The van der Waals surface area contributed by atoms with Crippen molar-refractivity contribution >= 4 is 5.91 Å². The summed E-state index contributed by atoms with van der Waals surface area (Å²) in [6.45, 7) is 3.83. The summed E-state index contributed by atoms with van der Waals surface area (Å²) in [5.41, 5.74) is 7.10. The first-order valence-electron chi connectivity index (χ1n) is 6.66. The topological polar surface area (TPSA) is 55.6 Å². The van der Waals surface area contributed by atoms with Crippen molar-refractivity contribution in [3.05, 3.63) is 29.8 Å². The molecule has 0 aliphatic carbocycles. The van der Waals surface area contributed by atoms with Gasteiger partial charge in [0, 0.05) is 20.1 Å². The number of nitrogens with two attached hydrogens (primary N) is 1. The van der Waals surface area contributed by atoms with Crippen molar-refractivity contribution in [1.29, 1.82) is 0 Å². The van der Waals surface area contributed by atoms with Crippen LogP contribution in [0.25, 0.3) is 0 Å². The second kappa shape index (κ2) is 7.14. The molecule has 1 aromatic rings. The summed E-state index contributed by atoms with van der Waals surface area (Å²) in [4.78, 5) is 13.2. The van der Waals surface area contributed by atoms with Crippen LogP contribution in [-0.2, 0) is 11.2 Å². The summed E-state index contributed by atoms with van der Waals surface area (Å²) in [6, 6.07) is 7.96. The summed E-state index contributed by atoms with van der Waals surface area (Å²) in [6.07, 6.45) is 1.36. The first-order valence-corrected chi connectivity index (χ1v) is 6.66. The molecule has 0 radical (unpaired) electrons. The van der Waals surface area contributed by atoms with E-state index in [2.05, 4.69) is 6.92 Å². The van der Waals surface area contributed by atoms with E-state index < -0.39 is 6.10 Å². The van der Waals surface area contributed by atoms with Crippen LogP contribution in [0.4, 0.5) is 0 Å². The smallest absolute Gasteiger partial charge is 0.262 e. The monoisotopic (exact) mass is 264 g/mol. The summed E-state index contributed by atoms with van der Waals surface area (Å²) in [5.74, 6) is 0.661. The number of rotatable bonds is 6. The van der Waals surface area contributed by atoms with Crippen LogP contribution in [0.3, 0.4) is 0 Å². The SMILES string of the molecule is CCC(N)Cc1ccc(OC(C)C(=O)N(C)C)cc1. The molecule has 0 aromatic heterocycles. The van der Waals surface area contributed by atoms with Gasteiger partial charge in [0.1, 0.15) is 5.75 Å². The van der Waals surface area contributed by atoms with Gasteiger partial charge in [0.05, 0.1) is 0 Å². The lowest BCUT2D eigenvalue weighted by Gasteiger charge is -2.18. The number of ether oxygens (including phenoxy) is 1. The molecule has 4 heteroatoms. The van der Waals surface area contributed by atoms with Crippen molar-refractivity contribution in [2.24, 2.45) is 5.73 Å². The predicted molar refractivity (Wildman–Crippen MR) is 77.2 cm³/mol. The molecule has 1 aromatic carbocycles. The van der Waals surface area contributed by atoms with Crippen molar-refractivity contribution in [3.8, 4) is 5.75 Å². The number of likely N-dealkylation sites (N-methyl/N-ethyl adjacent to an activating group) is 1. The highest BCUT2D eigenvalue weighted by Gasteiger charge is 2.16. The van der Waals surface area contributed by atoms with E-state index in [0.29, 0.717) is 5.75 Å². The van der Waals surface area contributed by atoms with Crippen molar-refractivity contribution in [1.82, 2.24) is 4.90 Å². The minimum absolute atomic E-state index is 0.0444.